The molecule has 2 fully saturated rings. The predicted molar refractivity (Wildman–Crippen MR) is 82.3 cm³/mol. The Morgan fingerprint density at radius 2 is 2.05 bits per heavy atom. The molecule has 1 amide bonds. The first-order valence-corrected chi connectivity index (χ1v) is 8.06. The van der Waals surface area contributed by atoms with Crippen LogP contribution >= 0.6 is 23.2 Å². The summed E-state index contributed by atoms with van der Waals surface area (Å²) >= 11 is 11.8. The molecule has 0 radical (unpaired) electrons. The van der Waals surface area contributed by atoms with Gasteiger partial charge in [-0.25, -0.2) is 0 Å². The van der Waals surface area contributed by atoms with Crippen molar-refractivity contribution in [3.63, 3.8) is 0 Å². The number of nitrogens with one attached hydrogen (secondary N) is 1. The Morgan fingerprint density at radius 3 is 2.65 bits per heavy atom. The number of hydrogen-bond donors (Lipinski definition) is 1. The van der Waals surface area contributed by atoms with Crippen LogP contribution in [0.2, 0.25) is 10.0 Å². The Bertz CT molecular complexity index is 531. The average Bonchev–Trinajstić information content (AvgIpc) is 3.04. The third-order valence-electron chi connectivity index (χ3n) is 4.98. The minimum atomic E-state index is -0.0566. The van der Waals surface area contributed by atoms with Crippen LogP contribution in [-0.4, -0.2) is 11.9 Å². The van der Waals surface area contributed by atoms with E-state index in [4.69, 9.17) is 23.2 Å². The molecule has 0 unspecified atom stereocenters. The van der Waals surface area contributed by atoms with Crippen molar-refractivity contribution in [1.29, 1.82) is 0 Å². The van der Waals surface area contributed by atoms with Crippen LogP contribution in [-0.2, 0) is 0 Å². The van der Waals surface area contributed by atoms with Crippen LogP contribution in [0.4, 0.5) is 0 Å². The molecule has 0 aromatic heterocycles. The minimum absolute atomic E-state index is 0.0566. The summed E-state index contributed by atoms with van der Waals surface area (Å²) in [6.45, 7) is 2.13. The molecule has 20 heavy (non-hydrogen) atoms. The topological polar surface area (TPSA) is 29.1 Å². The molecule has 2 aliphatic carbocycles. The van der Waals surface area contributed by atoms with Crippen molar-refractivity contribution in [2.45, 2.75) is 38.6 Å². The first-order valence-electron chi connectivity index (χ1n) is 7.30. The molecule has 108 valence electrons. The molecule has 1 N–H and O–H groups in total. The fourth-order valence-electron chi connectivity index (χ4n) is 3.94. The van der Waals surface area contributed by atoms with Crippen molar-refractivity contribution in [2.75, 3.05) is 0 Å². The maximum absolute atomic E-state index is 12.3. The largest absolute Gasteiger partial charge is 0.349 e. The maximum atomic E-state index is 12.3. The number of rotatable bonds is 3. The Balaban J connectivity index is 1.65. The third kappa shape index (κ3) is 2.68. The minimum Gasteiger partial charge on any atom is -0.349 e. The van der Waals surface area contributed by atoms with Gasteiger partial charge >= 0.3 is 0 Å². The fraction of sp³-hybridized carbons (Fsp3) is 0.562. The van der Waals surface area contributed by atoms with Crippen molar-refractivity contribution in [2.24, 2.45) is 17.8 Å². The Hall–Kier alpha value is -0.730. The van der Waals surface area contributed by atoms with E-state index < -0.39 is 0 Å². The molecular weight excluding hydrogens is 293 g/mol. The van der Waals surface area contributed by atoms with E-state index in [1.807, 2.05) is 0 Å². The van der Waals surface area contributed by atoms with Crippen LogP contribution < -0.4 is 5.32 Å². The number of amides is 1. The lowest BCUT2D eigenvalue weighted by Gasteiger charge is -2.28. The van der Waals surface area contributed by atoms with E-state index in [1.165, 1.54) is 25.7 Å². The summed E-state index contributed by atoms with van der Waals surface area (Å²) in [5.74, 6) is 2.29. The fourth-order valence-corrected chi connectivity index (χ4v) is 4.24. The van der Waals surface area contributed by atoms with Crippen LogP contribution in [0.1, 0.15) is 43.0 Å². The highest BCUT2D eigenvalue weighted by Gasteiger charge is 2.42. The van der Waals surface area contributed by atoms with Gasteiger partial charge < -0.3 is 5.32 Å². The van der Waals surface area contributed by atoms with E-state index >= 15 is 0 Å². The van der Waals surface area contributed by atoms with Gasteiger partial charge in [0.2, 0.25) is 0 Å². The van der Waals surface area contributed by atoms with E-state index in [0.29, 0.717) is 21.5 Å². The Labute approximate surface area is 129 Å². The van der Waals surface area contributed by atoms with Gasteiger partial charge in [-0.05, 0) is 62.1 Å². The molecule has 1 aromatic rings. The lowest BCUT2D eigenvalue weighted by molar-refractivity contribution is 0.0915. The Morgan fingerprint density at radius 1 is 1.25 bits per heavy atom. The number of fused-ring (bicyclic) bond motifs is 2. The van der Waals surface area contributed by atoms with Gasteiger partial charge in [0.25, 0.3) is 5.91 Å². The maximum Gasteiger partial charge on any atom is 0.251 e. The molecule has 0 spiro atoms. The van der Waals surface area contributed by atoms with Crippen LogP contribution in [0, 0.1) is 17.8 Å². The van der Waals surface area contributed by atoms with Gasteiger partial charge in [0.05, 0.1) is 10.0 Å². The molecule has 0 saturated heterocycles. The first-order chi connectivity index (χ1) is 9.54. The second kappa shape index (κ2) is 5.57. The third-order valence-corrected chi connectivity index (χ3v) is 5.71. The van der Waals surface area contributed by atoms with Crippen molar-refractivity contribution < 1.29 is 4.79 Å². The van der Waals surface area contributed by atoms with E-state index in [2.05, 4.69) is 12.2 Å². The lowest BCUT2D eigenvalue weighted by Crippen LogP contribution is -2.40. The monoisotopic (exact) mass is 311 g/mol. The summed E-state index contributed by atoms with van der Waals surface area (Å²) in [5.41, 5.74) is 0.578. The molecule has 2 saturated carbocycles. The quantitative estimate of drug-likeness (QED) is 0.872. The van der Waals surface area contributed by atoms with Crippen LogP contribution in [0.15, 0.2) is 18.2 Å². The standard InChI is InChI=1S/C16H19Cl2NO/c1-9(13-7-10-2-3-11(13)6-10)19-16(20)12-4-5-14(17)15(18)8-12/h4-5,8-11,13H,2-3,6-7H2,1H3,(H,19,20)/t9-,10-,11-,13-/m1/s1. The van der Waals surface area contributed by atoms with Crippen LogP contribution in [0.5, 0.6) is 0 Å². The predicted octanol–water partition coefficient (Wildman–Crippen LogP) is 4.55. The zero-order valence-electron chi connectivity index (χ0n) is 11.5. The summed E-state index contributed by atoms with van der Waals surface area (Å²) < 4.78 is 0. The molecule has 4 atom stereocenters. The summed E-state index contributed by atoms with van der Waals surface area (Å²) in [5, 5.41) is 4.03. The molecule has 3 rings (SSSR count). The smallest absolute Gasteiger partial charge is 0.251 e. The van der Waals surface area contributed by atoms with Crippen molar-refractivity contribution in [3.05, 3.63) is 33.8 Å². The first kappa shape index (κ1) is 14.2. The summed E-state index contributed by atoms with van der Waals surface area (Å²) in [6.07, 6.45) is 5.35. The molecule has 2 nitrogen and oxygen atoms in total. The van der Waals surface area contributed by atoms with Gasteiger partial charge in [-0.3, -0.25) is 4.79 Å². The Kier molecular flexibility index (Phi) is 3.96. The highest BCUT2D eigenvalue weighted by atomic mass is 35.5. The molecule has 2 bridgehead atoms. The number of benzene rings is 1. The number of carbonyl (C=O) groups is 1. The van der Waals surface area contributed by atoms with Crippen molar-refractivity contribution in [3.8, 4) is 0 Å². The van der Waals surface area contributed by atoms with Crippen LogP contribution in [0.3, 0.4) is 0 Å². The normalized spacial score (nSPS) is 29.4. The van der Waals surface area contributed by atoms with Crippen molar-refractivity contribution in [1.82, 2.24) is 5.32 Å². The lowest BCUT2D eigenvalue weighted by atomic mass is 9.84. The van der Waals surface area contributed by atoms with E-state index in [-0.39, 0.29) is 11.9 Å². The second-order valence-electron chi connectivity index (χ2n) is 6.23. The van der Waals surface area contributed by atoms with E-state index in [1.54, 1.807) is 18.2 Å². The average molecular weight is 312 g/mol. The van der Waals surface area contributed by atoms with Gasteiger partial charge in [0, 0.05) is 11.6 Å². The van der Waals surface area contributed by atoms with Gasteiger partial charge in [-0.15, -0.1) is 0 Å². The molecule has 0 heterocycles. The van der Waals surface area contributed by atoms with Gasteiger partial charge in [0.1, 0.15) is 0 Å². The summed E-state index contributed by atoms with van der Waals surface area (Å²) in [7, 11) is 0. The van der Waals surface area contributed by atoms with E-state index in [0.717, 1.165) is 11.8 Å². The zero-order valence-corrected chi connectivity index (χ0v) is 13.0. The number of carbonyl (C=O) groups excluding carboxylic acids is 1. The van der Waals surface area contributed by atoms with Gasteiger partial charge in [-0.2, -0.15) is 0 Å². The summed E-state index contributed by atoms with van der Waals surface area (Å²) in [6, 6.07) is 5.25. The molecular formula is C16H19Cl2NO. The SMILES string of the molecule is C[C@@H](NC(=O)c1ccc(Cl)c(Cl)c1)[C@H]1C[C@@H]2CC[C@@H]1C2. The molecule has 1 aromatic carbocycles. The van der Waals surface area contributed by atoms with Crippen LogP contribution in [0.25, 0.3) is 0 Å². The number of hydrogen-bond acceptors (Lipinski definition) is 1. The zero-order chi connectivity index (χ0) is 14.3. The van der Waals surface area contributed by atoms with Gasteiger partial charge in [0.15, 0.2) is 0 Å². The van der Waals surface area contributed by atoms with E-state index in [9.17, 15) is 4.79 Å². The highest BCUT2D eigenvalue weighted by Crippen LogP contribution is 2.49. The highest BCUT2D eigenvalue weighted by molar-refractivity contribution is 6.42. The van der Waals surface area contributed by atoms with Crippen molar-refractivity contribution >= 4 is 29.1 Å². The molecule has 0 aliphatic heterocycles. The molecule has 4 heteroatoms. The second-order valence-corrected chi connectivity index (χ2v) is 7.04. The number of halogens is 2. The summed E-state index contributed by atoms with van der Waals surface area (Å²) in [4.78, 5) is 12.3. The van der Waals surface area contributed by atoms with Gasteiger partial charge in [-0.1, -0.05) is 29.6 Å². The molecule has 2 aliphatic rings.